The summed E-state index contributed by atoms with van der Waals surface area (Å²) in [6, 6.07) is 2.08. The van der Waals surface area contributed by atoms with Crippen LogP contribution in [-0.2, 0) is 16.0 Å². The first kappa shape index (κ1) is 15.7. The van der Waals surface area contributed by atoms with Gasteiger partial charge in [-0.3, -0.25) is 4.90 Å². The fourth-order valence-corrected chi connectivity index (χ4v) is 4.22. The molecule has 1 aromatic heterocycles. The summed E-state index contributed by atoms with van der Waals surface area (Å²) in [5.41, 5.74) is 1.74. The Morgan fingerprint density at radius 2 is 2.04 bits per heavy atom. The van der Waals surface area contributed by atoms with Gasteiger partial charge in [-0.15, -0.1) is 0 Å². The zero-order valence-corrected chi connectivity index (χ0v) is 14.0. The van der Waals surface area contributed by atoms with Gasteiger partial charge in [0.15, 0.2) is 0 Å². The zero-order valence-electron chi connectivity index (χ0n) is 14.0. The van der Waals surface area contributed by atoms with Crippen molar-refractivity contribution in [2.45, 2.75) is 38.6 Å². The van der Waals surface area contributed by atoms with Crippen molar-refractivity contribution in [1.29, 1.82) is 0 Å². The summed E-state index contributed by atoms with van der Waals surface area (Å²) in [7, 11) is 0. The van der Waals surface area contributed by atoms with E-state index < -0.39 is 0 Å². The molecule has 2 aliphatic heterocycles. The average molecular weight is 319 g/mol. The van der Waals surface area contributed by atoms with Crippen molar-refractivity contribution in [3.05, 3.63) is 24.2 Å². The van der Waals surface area contributed by atoms with Crippen LogP contribution in [0.3, 0.4) is 0 Å². The fourth-order valence-electron chi connectivity index (χ4n) is 4.22. The highest BCUT2D eigenvalue weighted by Crippen LogP contribution is 2.45. The average Bonchev–Trinajstić information content (AvgIpc) is 3.26. The Hall–Kier alpha value is -0.840. The third-order valence-corrected chi connectivity index (χ3v) is 6.14. The van der Waals surface area contributed by atoms with Gasteiger partial charge in [-0.2, -0.15) is 0 Å². The molecule has 1 aromatic rings. The van der Waals surface area contributed by atoms with Crippen LogP contribution in [0.5, 0.6) is 0 Å². The number of hydrogen-bond acceptors (Lipinski definition) is 4. The van der Waals surface area contributed by atoms with E-state index >= 15 is 0 Å². The molecule has 1 spiro atoms. The largest absolute Gasteiger partial charge is 0.472 e. The molecule has 0 bridgehead atoms. The highest BCUT2D eigenvalue weighted by atomic mass is 16.5. The van der Waals surface area contributed by atoms with Crippen LogP contribution in [0.25, 0.3) is 0 Å². The number of rotatable bonds is 6. The highest BCUT2D eigenvalue weighted by Gasteiger charge is 2.43. The van der Waals surface area contributed by atoms with E-state index in [1.807, 2.05) is 6.26 Å². The molecule has 3 heterocycles. The quantitative estimate of drug-likeness (QED) is 0.805. The molecule has 4 heteroatoms. The van der Waals surface area contributed by atoms with Gasteiger partial charge in [-0.05, 0) is 62.6 Å². The van der Waals surface area contributed by atoms with E-state index in [0.29, 0.717) is 11.3 Å². The van der Waals surface area contributed by atoms with Gasteiger partial charge in [0, 0.05) is 31.2 Å². The smallest absolute Gasteiger partial charge is 0.0947 e. The monoisotopic (exact) mass is 319 g/mol. The molecule has 1 aliphatic carbocycles. The summed E-state index contributed by atoms with van der Waals surface area (Å²) in [6.45, 7) is 7.09. The Balaban J connectivity index is 1.30. The minimum absolute atomic E-state index is 0.453. The van der Waals surface area contributed by atoms with Crippen molar-refractivity contribution >= 4 is 0 Å². The molecule has 0 amide bonds. The maximum atomic E-state index is 6.03. The number of likely N-dealkylation sites (tertiary alicyclic amines) is 1. The van der Waals surface area contributed by atoms with Crippen molar-refractivity contribution in [2.75, 3.05) is 39.5 Å². The molecule has 0 N–H and O–H groups in total. The number of furan rings is 1. The second kappa shape index (κ2) is 6.96. The van der Waals surface area contributed by atoms with E-state index in [2.05, 4.69) is 11.0 Å². The Kier molecular flexibility index (Phi) is 4.74. The lowest BCUT2D eigenvalue weighted by Gasteiger charge is -2.49. The third-order valence-electron chi connectivity index (χ3n) is 6.14. The van der Waals surface area contributed by atoms with Crippen molar-refractivity contribution in [1.82, 2.24) is 4.90 Å². The third kappa shape index (κ3) is 3.81. The maximum absolute atomic E-state index is 6.03. The van der Waals surface area contributed by atoms with Gasteiger partial charge in [0.2, 0.25) is 0 Å². The number of nitrogens with zero attached hydrogens (tertiary/aromatic N) is 1. The molecule has 3 fully saturated rings. The molecule has 0 unspecified atom stereocenters. The lowest BCUT2D eigenvalue weighted by atomic mass is 9.66. The van der Waals surface area contributed by atoms with Gasteiger partial charge in [-0.1, -0.05) is 0 Å². The minimum atomic E-state index is 0.453. The van der Waals surface area contributed by atoms with Gasteiger partial charge < -0.3 is 13.9 Å². The Labute approximate surface area is 139 Å². The second-order valence-corrected chi connectivity index (χ2v) is 7.77. The summed E-state index contributed by atoms with van der Waals surface area (Å²) in [5, 5.41) is 0. The summed E-state index contributed by atoms with van der Waals surface area (Å²) < 4.78 is 17.0. The van der Waals surface area contributed by atoms with E-state index in [9.17, 15) is 0 Å². The molecular formula is C19H29NO3. The predicted octanol–water partition coefficient (Wildman–Crippen LogP) is 3.32. The van der Waals surface area contributed by atoms with Gasteiger partial charge in [-0.25, -0.2) is 0 Å². The first-order valence-electron chi connectivity index (χ1n) is 9.23. The van der Waals surface area contributed by atoms with Crippen molar-refractivity contribution in [3.8, 4) is 0 Å². The Bertz CT molecular complexity index is 475. The number of ether oxygens (including phenoxy) is 2. The second-order valence-electron chi connectivity index (χ2n) is 7.77. The summed E-state index contributed by atoms with van der Waals surface area (Å²) in [5.74, 6) is 1.44. The molecule has 0 radical (unpaired) electrons. The standard InChI is InChI=1S/C19H29NO3/c1-2-16(1)12-23-15-18-14-22-10-6-19(18)4-7-20(8-5-19)11-17-3-9-21-13-17/h3,9,13,16,18H,1-2,4-8,10-12,14-15H2/t18-/m0/s1. The molecule has 3 aliphatic rings. The van der Waals surface area contributed by atoms with Crippen molar-refractivity contribution in [3.63, 3.8) is 0 Å². The minimum Gasteiger partial charge on any atom is -0.472 e. The van der Waals surface area contributed by atoms with Gasteiger partial charge in [0.1, 0.15) is 0 Å². The molecule has 128 valence electrons. The van der Waals surface area contributed by atoms with Crippen LogP contribution in [0.4, 0.5) is 0 Å². The number of piperidine rings is 1. The van der Waals surface area contributed by atoms with E-state index in [1.54, 1.807) is 6.26 Å². The summed E-state index contributed by atoms with van der Waals surface area (Å²) in [6.07, 6.45) is 10.2. The van der Waals surface area contributed by atoms with Crippen LogP contribution in [-0.4, -0.2) is 44.4 Å². The van der Waals surface area contributed by atoms with Crippen LogP contribution in [0.1, 0.15) is 37.7 Å². The van der Waals surface area contributed by atoms with Crippen LogP contribution in [0, 0.1) is 17.3 Å². The Morgan fingerprint density at radius 1 is 1.17 bits per heavy atom. The van der Waals surface area contributed by atoms with Crippen LogP contribution >= 0.6 is 0 Å². The Morgan fingerprint density at radius 3 is 2.78 bits per heavy atom. The molecule has 4 rings (SSSR count). The van der Waals surface area contributed by atoms with Gasteiger partial charge >= 0.3 is 0 Å². The molecule has 2 saturated heterocycles. The van der Waals surface area contributed by atoms with Crippen LogP contribution in [0.15, 0.2) is 23.0 Å². The van der Waals surface area contributed by atoms with E-state index in [1.165, 1.54) is 50.8 Å². The van der Waals surface area contributed by atoms with Crippen LogP contribution < -0.4 is 0 Å². The molecule has 1 saturated carbocycles. The van der Waals surface area contributed by atoms with E-state index in [0.717, 1.165) is 38.9 Å². The lowest BCUT2D eigenvalue weighted by Crippen LogP contribution is -2.49. The number of hydrogen-bond donors (Lipinski definition) is 0. The van der Waals surface area contributed by atoms with Gasteiger partial charge in [0.05, 0.1) is 25.7 Å². The SMILES string of the molecule is c1cc(CN2CCC3(CCOC[C@H]3COCC3CC3)CC2)co1. The highest BCUT2D eigenvalue weighted by molar-refractivity contribution is 5.05. The predicted molar refractivity (Wildman–Crippen MR) is 88.1 cm³/mol. The van der Waals surface area contributed by atoms with Crippen molar-refractivity contribution in [2.24, 2.45) is 17.3 Å². The van der Waals surface area contributed by atoms with Crippen LogP contribution in [0.2, 0.25) is 0 Å². The normalized spacial score (nSPS) is 28.3. The lowest BCUT2D eigenvalue weighted by molar-refractivity contribution is -0.101. The van der Waals surface area contributed by atoms with Crippen molar-refractivity contribution < 1.29 is 13.9 Å². The molecule has 0 aromatic carbocycles. The van der Waals surface area contributed by atoms with E-state index in [4.69, 9.17) is 13.9 Å². The maximum Gasteiger partial charge on any atom is 0.0947 e. The summed E-state index contributed by atoms with van der Waals surface area (Å²) in [4.78, 5) is 2.56. The zero-order chi connectivity index (χ0) is 15.5. The molecular weight excluding hydrogens is 290 g/mol. The van der Waals surface area contributed by atoms with E-state index in [-0.39, 0.29) is 0 Å². The fraction of sp³-hybridized carbons (Fsp3) is 0.789. The van der Waals surface area contributed by atoms with Gasteiger partial charge in [0.25, 0.3) is 0 Å². The molecule has 1 atom stereocenters. The first-order valence-corrected chi connectivity index (χ1v) is 9.23. The first-order chi connectivity index (χ1) is 11.3. The molecule has 4 nitrogen and oxygen atoms in total. The molecule has 23 heavy (non-hydrogen) atoms. The summed E-state index contributed by atoms with van der Waals surface area (Å²) >= 11 is 0. The topological polar surface area (TPSA) is 34.8 Å².